The summed E-state index contributed by atoms with van der Waals surface area (Å²) in [6.07, 6.45) is 0.665. The summed E-state index contributed by atoms with van der Waals surface area (Å²) in [6.45, 7) is 2.32. The number of aldehydes is 1. The van der Waals surface area contributed by atoms with Crippen LogP contribution in [-0.2, 0) is 0 Å². The van der Waals surface area contributed by atoms with Crippen molar-refractivity contribution in [2.45, 2.75) is 6.92 Å². The van der Waals surface area contributed by atoms with Crippen LogP contribution in [0.2, 0.25) is 0 Å². The number of ether oxygens (including phenoxy) is 1. The summed E-state index contributed by atoms with van der Waals surface area (Å²) >= 11 is 0. The minimum absolute atomic E-state index is 0.0711. The molecule has 0 bridgehead atoms. The lowest BCUT2D eigenvalue weighted by atomic mass is 9.94. The molecule has 0 heterocycles. The first-order valence-corrected chi connectivity index (χ1v) is 6.16. The van der Waals surface area contributed by atoms with Gasteiger partial charge in [-0.05, 0) is 25.1 Å². The van der Waals surface area contributed by atoms with Crippen LogP contribution in [0, 0.1) is 11.3 Å². The number of hydrogen-bond acceptors (Lipinski definition) is 4. The second-order valence-corrected chi connectivity index (χ2v) is 4.08. The predicted octanol–water partition coefficient (Wildman–Crippen LogP) is 3.14. The van der Waals surface area contributed by atoms with E-state index in [1.165, 1.54) is 12.1 Å². The molecule has 4 nitrogen and oxygen atoms in total. The Kier molecular flexibility index (Phi) is 4.02. The quantitative estimate of drug-likeness (QED) is 0.864. The number of aromatic hydroxyl groups is 1. The minimum Gasteiger partial charge on any atom is -0.507 e. The molecular weight excluding hydrogens is 254 g/mol. The maximum Gasteiger partial charge on any atom is 0.150 e. The lowest BCUT2D eigenvalue weighted by Gasteiger charge is -2.13. The zero-order chi connectivity index (χ0) is 14.5. The molecule has 0 aliphatic heterocycles. The van der Waals surface area contributed by atoms with E-state index in [0.29, 0.717) is 35.3 Å². The summed E-state index contributed by atoms with van der Waals surface area (Å²) in [7, 11) is 0. The van der Waals surface area contributed by atoms with Crippen LogP contribution < -0.4 is 4.74 Å². The Bertz CT molecular complexity index is 687. The molecule has 2 rings (SSSR count). The van der Waals surface area contributed by atoms with Crippen LogP contribution in [0.25, 0.3) is 11.1 Å². The van der Waals surface area contributed by atoms with Crippen LogP contribution in [-0.4, -0.2) is 18.0 Å². The Balaban J connectivity index is 2.78. The van der Waals surface area contributed by atoms with Gasteiger partial charge >= 0.3 is 0 Å². The maximum absolute atomic E-state index is 11.2. The highest BCUT2D eigenvalue weighted by molar-refractivity contribution is 5.93. The number of para-hydroxylation sites is 1. The SMILES string of the molecule is CCOc1ccccc1-c1c(C=O)ccc(O)c1C#N. The summed E-state index contributed by atoms with van der Waals surface area (Å²) in [5.41, 5.74) is 1.42. The van der Waals surface area contributed by atoms with Gasteiger partial charge in [-0.1, -0.05) is 18.2 Å². The van der Waals surface area contributed by atoms with E-state index in [9.17, 15) is 15.2 Å². The van der Waals surface area contributed by atoms with Gasteiger partial charge in [-0.15, -0.1) is 0 Å². The van der Waals surface area contributed by atoms with Crippen LogP contribution in [0.1, 0.15) is 22.8 Å². The molecule has 100 valence electrons. The predicted molar refractivity (Wildman–Crippen MR) is 74.8 cm³/mol. The Morgan fingerprint density at radius 3 is 2.70 bits per heavy atom. The molecule has 1 N–H and O–H groups in total. The van der Waals surface area contributed by atoms with Crippen molar-refractivity contribution >= 4 is 6.29 Å². The van der Waals surface area contributed by atoms with E-state index in [-0.39, 0.29) is 11.3 Å². The third-order valence-electron chi connectivity index (χ3n) is 2.91. The molecule has 0 radical (unpaired) electrons. The van der Waals surface area contributed by atoms with Crippen molar-refractivity contribution in [3.8, 4) is 28.7 Å². The largest absolute Gasteiger partial charge is 0.507 e. The number of phenols is 1. The number of carbonyl (C=O) groups is 1. The van der Waals surface area contributed by atoms with Gasteiger partial charge in [0.05, 0.1) is 6.61 Å². The Hall–Kier alpha value is -2.80. The van der Waals surface area contributed by atoms with Gasteiger partial charge in [-0.25, -0.2) is 0 Å². The number of carbonyl (C=O) groups excluding carboxylic acids is 1. The molecule has 4 heteroatoms. The smallest absolute Gasteiger partial charge is 0.150 e. The molecule has 0 aliphatic rings. The van der Waals surface area contributed by atoms with Crippen LogP contribution in [0.15, 0.2) is 36.4 Å². The van der Waals surface area contributed by atoms with Gasteiger partial charge in [0, 0.05) is 16.7 Å². The fourth-order valence-corrected chi connectivity index (χ4v) is 2.06. The fraction of sp³-hybridized carbons (Fsp3) is 0.125. The van der Waals surface area contributed by atoms with Crippen LogP contribution in [0.4, 0.5) is 0 Å². The molecule has 2 aromatic carbocycles. The fourth-order valence-electron chi connectivity index (χ4n) is 2.06. The van der Waals surface area contributed by atoms with Gasteiger partial charge in [0.2, 0.25) is 0 Å². The monoisotopic (exact) mass is 267 g/mol. The van der Waals surface area contributed by atoms with Gasteiger partial charge in [0.25, 0.3) is 0 Å². The molecule has 0 aromatic heterocycles. The number of nitrogens with zero attached hydrogens (tertiary/aromatic N) is 1. The maximum atomic E-state index is 11.2. The molecule has 2 aromatic rings. The molecule has 20 heavy (non-hydrogen) atoms. The summed E-state index contributed by atoms with van der Waals surface area (Å²) in [6, 6.07) is 11.9. The van der Waals surface area contributed by atoms with Crippen molar-refractivity contribution in [1.29, 1.82) is 5.26 Å². The second kappa shape index (κ2) is 5.89. The molecule has 0 saturated carbocycles. The van der Waals surface area contributed by atoms with Gasteiger partial charge in [0.15, 0.2) is 6.29 Å². The van der Waals surface area contributed by atoms with E-state index >= 15 is 0 Å². The van der Waals surface area contributed by atoms with E-state index in [0.717, 1.165) is 0 Å². The van der Waals surface area contributed by atoms with Crippen molar-refractivity contribution in [1.82, 2.24) is 0 Å². The zero-order valence-corrected chi connectivity index (χ0v) is 11.0. The molecule has 0 amide bonds. The lowest BCUT2D eigenvalue weighted by Crippen LogP contribution is -1.98. The standard InChI is InChI=1S/C16H13NO3/c1-2-20-15-6-4-3-5-12(15)16-11(10-18)7-8-14(19)13(16)9-17/h3-8,10,19H,2H2,1H3. The van der Waals surface area contributed by atoms with Crippen molar-refractivity contribution in [2.24, 2.45) is 0 Å². The first kappa shape index (κ1) is 13.6. The van der Waals surface area contributed by atoms with E-state index < -0.39 is 0 Å². The number of rotatable bonds is 4. The first-order valence-electron chi connectivity index (χ1n) is 6.16. The van der Waals surface area contributed by atoms with Gasteiger partial charge in [-0.2, -0.15) is 5.26 Å². The third kappa shape index (κ3) is 2.34. The van der Waals surface area contributed by atoms with E-state index in [2.05, 4.69) is 0 Å². The lowest BCUT2D eigenvalue weighted by molar-refractivity contribution is 0.112. The minimum atomic E-state index is -0.153. The van der Waals surface area contributed by atoms with Crippen LogP contribution in [0.3, 0.4) is 0 Å². The normalized spacial score (nSPS) is 9.80. The third-order valence-corrected chi connectivity index (χ3v) is 2.91. The molecule has 0 atom stereocenters. The number of phenolic OH excluding ortho intramolecular Hbond substituents is 1. The molecule has 0 saturated heterocycles. The first-order chi connectivity index (χ1) is 9.72. The summed E-state index contributed by atoms with van der Waals surface area (Å²) in [4.78, 5) is 11.2. The Morgan fingerprint density at radius 2 is 2.05 bits per heavy atom. The zero-order valence-electron chi connectivity index (χ0n) is 11.0. The average molecular weight is 267 g/mol. The molecule has 0 aliphatic carbocycles. The highest BCUT2D eigenvalue weighted by Crippen LogP contribution is 2.37. The topological polar surface area (TPSA) is 70.3 Å². The van der Waals surface area contributed by atoms with Crippen LogP contribution >= 0.6 is 0 Å². The summed E-state index contributed by atoms with van der Waals surface area (Å²) in [5.74, 6) is 0.416. The van der Waals surface area contributed by atoms with Crippen molar-refractivity contribution in [3.05, 3.63) is 47.5 Å². The number of hydrogen-bond donors (Lipinski definition) is 1. The van der Waals surface area contributed by atoms with Gasteiger partial charge in [0.1, 0.15) is 23.1 Å². The second-order valence-electron chi connectivity index (χ2n) is 4.08. The Morgan fingerprint density at radius 1 is 1.30 bits per heavy atom. The van der Waals surface area contributed by atoms with E-state index in [1.54, 1.807) is 18.2 Å². The van der Waals surface area contributed by atoms with Crippen LogP contribution in [0.5, 0.6) is 11.5 Å². The molecule has 0 fully saturated rings. The number of benzene rings is 2. The molecule has 0 unspecified atom stereocenters. The summed E-state index contributed by atoms with van der Waals surface area (Å²) in [5, 5.41) is 19.0. The van der Waals surface area contributed by atoms with Gasteiger partial charge < -0.3 is 9.84 Å². The Labute approximate surface area is 116 Å². The number of nitriles is 1. The highest BCUT2D eigenvalue weighted by atomic mass is 16.5. The van der Waals surface area contributed by atoms with E-state index in [1.807, 2.05) is 19.1 Å². The molecular formula is C16H13NO3. The van der Waals surface area contributed by atoms with Crippen molar-refractivity contribution in [2.75, 3.05) is 6.61 Å². The van der Waals surface area contributed by atoms with Crippen molar-refractivity contribution < 1.29 is 14.6 Å². The molecule has 0 spiro atoms. The van der Waals surface area contributed by atoms with Gasteiger partial charge in [-0.3, -0.25) is 4.79 Å². The van der Waals surface area contributed by atoms with Crippen molar-refractivity contribution in [3.63, 3.8) is 0 Å². The highest BCUT2D eigenvalue weighted by Gasteiger charge is 2.17. The van der Waals surface area contributed by atoms with E-state index in [4.69, 9.17) is 4.74 Å². The average Bonchev–Trinajstić information content (AvgIpc) is 2.48. The summed E-state index contributed by atoms with van der Waals surface area (Å²) < 4.78 is 5.52.